The summed E-state index contributed by atoms with van der Waals surface area (Å²) in [6, 6.07) is 3.11. The Morgan fingerprint density at radius 1 is 1.44 bits per heavy atom. The quantitative estimate of drug-likeness (QED) is 0.774. The van der Waals surface area contributed by atoms with Gasteiger partial charge in [-0.05, 0) is 25.0 Å². The molecular weight excluding hydrogens is 252 g/mol. The van der Waals surface area contributed by atoms with Crippen LogP contribution in [0.2, 0.25) is 5.15 Å². The summed E-state index contributed by atoms with van der Waals surface area (Å²) in [5.41, 5.74) is 0.150. The number of hydrogen-bond acceptors (Lipinski definition) is 3. The van der Waals surface area contributed by atoms with Crippen molar-refractivity contribution in [3.05, 3.63) is 22.8 Å². The van der Waals surface area contributed by atoms with Gasteiger partial charge < -0.3 is 10.4 Å². The van der Waals surface area contributed by atoms with Gasteiger partial charge in [0.15, 0.2) is 0 Å². The molecule has 1 heterocycles. The number of anilines is 1. The van der Waals surface area contributed by atoms with E-state index < -0.39 is 5.97 Å². The predicted octanol–water partition coefficient (Wildman–Crippen LogP) is 3.67. The Bertz CT molecular complexity index is 419. The first-order valence-electron chi connectivity index (χ1n) is 6.15. The van der Waals surface area contributed by atoms with Gasteiger partial charge in [0.25, 0.3) is 0 Å². The molecule has 1 rings (SSSR count). The highest BCUT2D eigenvalue weighted by Gasteiger charge is 2.18. The zero-order valence-electron chi connectivity index (χ0n) is 10.9. The van der Waals surface area contributed by atoms with Gasteiger partial charge in [-0.15, -0.1) is 0 Å². The molecule has 18 heavy (non-hydrogen) atoms. The topological polar surface area (TPSA) is 62.2 Å². The molecule has 0 amide bonds. The number of carboxylic acids is 1. The molecule has 1 atom stereocenters. The van der Waals surface area contributed by atoms with Crippen LogP contribution in [0.5, 0.6) is 0 Å². The fourth-order valence-electron chi connectivity index (χ4n) is 2.05. The van der Waals surface area contributed by atoms with Crippen molar-refractivity contribution in [1.29, 1.82) is 0 Å². The first-order chi connectivity index (χ1) is 8.49. The van der Waals surface area contributed by atoms with E-state index >= 15 is 0 Å². The molecule has 0 radical (unpaired) electrons. The first kappa shape index (κ1) is 14.8. The highest BCUT2D eigenvalue weighted by molar-refractivity contribution is 6.29. The second kappa shape index (κ2) is 6.59. The van der Waals surface area contributed by atoms with Crippen molar-refractivity contribution < 1.29 is 9.90 Å². The Labute approximate surface area is 112 Å². The number of nitrogens with one attached hydrogen (secondary N) is 1. The van der Waals surface area contributed by atoms with Crippen LogP contribution < -0.4 is 5.32 Å². The number of hydrogen-bond donors (Lipinski definition) is 2. The first-order valence-corrected chi connectivity index (χ1v) is 6.53. The molecule has 4 nitrogen and oxygen atoms in total. The minimum absolute atomic E-state index is 0.150. The van der Waals surface area contributed by atoms with E-state index in [2.05, 4.69) is 24.1 Å². The van der Waals surface area contributed by atoms with Gasteiger partial charge >= 0.3 is 5.97 Å². The SMILES string of the molecule is CCC(CC)C(C)Nc1nc(Cl)ccc1C(=O)O. The molecule has 0 spiro atoms. The van der Waals surface area contributed by atoms with Gasteiger partial charge in [-0.25, -0.2) is 9.78 Å². The third-order valence-electron chi connectivity index (χ3n) is 3.21. The monoisotopic (exact) mass is 270 g/mol. The Kier molecular flexibility index (Phi) is 5.41. The summed E-state index contributed by atoms with van der Waals surface area (Å²) in [4.78, 5) is 15.2. The van der Waals surface area contributed by atoms with Crippen LogP contribution >= 0.6 is 11.6 Å². The van der Waals surface area contributed by atoms with E-state index in [4.69, 9.17) is 16.7 Å². The zero-order chi connectivity index (χ0) is 13.7. The summed E-state index contributed by atoms with van der Waals surface area (Å²) in [6.07, 6.45) is 2.07. The molecular formula is C13H19ClN2O2. The Morgan fingerprint density at radius 2 is 2.06 bits per heavy atom. The minimum Gasteiger partial charge on any atom is -0.478 e. The van der Waals surface area contributed by atoms with Crippen LogP contribution in [0.4, 0.5) is 5.82 Å². The lowest BCUT2D eigenvalue weighted by molar-refractivity contribution is 0.0697. The Balaban J connectivity index is 2.95. The fraction of sp³-hybridized carbons (Fsp3) is 0.538. The molecule has 0 saturated heterocycles. The van der Waals surface area contributed by atoms with Gasteiger partial charge in [0.05, 0.1) is 0 Å². The number of rotatable bonds is 6. The standard InChI is InChI=1S/C13H19ClN2O2/c1-4-9(5-2)8(3)15-12-10(13(17)18)6-7-11(14)16-12/h6-9H,4-5H2,1-3H3,(H,15,16)(H,17,18). The lowest BCUT2D eigenvalue weighted by Crippen LogP contribution is -2.26. The third kappa shape index (κ3) is 3.60. The molecule has 0 aromatic carbocycles. The molecule has 1 aromatic heterocycles. The van der Waals surface area contributed by atoms with Crippen molar-refractivity contribution in [3.8, 4) is 0 Å². The lowest BCUT2D eigenvalue weighted by Gasteiger charge is -2.23. The van der Waals surface area contributed by atoms with Gasteiger partial charge in [0.2, 0.25) is 0 Å². The summed E-state index contributed by atoms with van der Waals surface area (Å²) >= 11 is 5.81. The summed E-state index contributed by atoms with van der Waals surface area (Å²) in [5.74, 6) is -0.180. The van der Waals surface area contributed by atoms with E-state index in [1.54, 1.807) is 0 Å². The maximum Gasteiger partial charge on any atom is 0.339 e. The van der Waals surface area contributed by atoms with Gasteiger partial charge in [0, 0.05) is 6.04 Å². The number of carbonyl (C=O) groups is 1. The van der Waals surface area contributed by atoms with E-state index in [-0.39, 0.29) is 11.6 Å². The molecule has 1 unspecified atom stereocenters. The molecule has 0 aliphatic heterocycles. The smallest absolute Gasteiger partial charge is 0.339 e. The van der Waals surface area contributed by atoms with Crippen LogP contribution in [0.25, 0.3) is 0 Å². The highest BCUT2D eigenvalue weighted by Crippen LogP contribution is 2.21. The van der Waals surface area contributed by atoms with Crippen LogP contribution in [0.15, 0.2) is 12.1 Å². The molecule has 5 heteroatoms. The second-order valence-corrected chi connectivity index (χ2v) is 4.73. The van der Waals surface area contributed by atoms with Gasteiger partial charge in [-0.1, -0.05) is 38.3 Å². The number of aromatic nitrogens is 1. The van der Waals surface area contributed by atoms with Crippen LogP contribution in [0.3, 0.4) is 0 Å². The maximum atomic E-state index is 11.1. The van der Waals surface area contributed by atoms with E-state index in [0.29, 0.717) is 16.9 Å². The van der Waals surface area contributed by atoms with Crippen LogP contribution in [-0.4, -0.2) is 22.1 Å². The summed E-state index contributed by atoms with van der Waals surface area (Å²) in [5, 5.41) is 12.5. The minimum atomic E-state index is -1.00. The van der Waals surface area contributed by atoms with E-state index in [0.717, 1.165) is 12.8 Å². The summed E-state index contributed by atoms with van der Waals surface area (Å²) in [6.45, 7) is 6.28. The zero-order valence-corrected chi connectivity index (χ0v) is 11.7. The fourth-order valence-corrected chi connectivity index (χ4v) is 2.19. The number of halogens is 1. The van der Waals surface area contributed by atoms with Crippen molar-refractivity contribution >= 4 is 23.4 Å². The van der Waals surface area contributed by atoms with Gasteiger partial charge in [-0.3, -0.25) is 0 Å². The van der Waals surface area contributed by atoms with Gasteiger partial charge in [0.1, 0.15) is 16.5 Å². The summed E-state index contributed by atoms with van der Waals surface area (Å²) < 4.78 is 0. The average molecular weight is 271 g/mol. The second-order valence-electron chi connectivity index (χ2n) is 4.34. The highest BCUT2D eigenvalue weighted by atomic mass is 35.5. The van der Waals surface area contributed by atoms with Gasteiger partial charge in [-0.2, -0.15) is 0 Å². The Hall–Kier alpha value is -1.29. The van der Waals surface area contributed by atoms with Crippen molar-refractivity contribution in [2.24, 2.45) is 5.92 Å². The average Bonchev–Trinajstić information content (AvgIpc) is 2.30. The van der Waals surface area contributed by atoms with Crippen LogP contribution in [0, 0.1) is 5.92 Å². The maximum absolute atomic E-state index is 11.1. The van der Waals surface area contributed by atoms with Crippen molar-refractivity contribution in [2.45, 2.75) is 39.7 Å². The van der Waals surface area contributed by atoms with Crippen molar-refractivity contribution in [3.63, 3.8) is 0 Å². The van der Waals surface area contributed by atoms with Crippen molar-refractivity contribution in [2.75, 3.05) is 5.32 Å². The normalized spacial score (nSPS) is 12.5. The lowest BCUT2D eigenvalue weighted by atomic mass is 9.95. The number of nitrogens with zero attached hydrogens (tertiary/aromatic N) is 1. The van der Waals surface area contributed by atoms with Crippen molar-refractivity contribution in [1.82, 2.24) is 4.98 Å². The number of aromatic carboxylic acids is 1. The van der Waals surface area contributed by atoms with E-state index in [9.17, 15) is 4.79 Å². The summed E-state index contributed by atoms with van der Waals surface area (Å²) in [7, 11) is 0. The molecule has 0 bridgehead atoms. The predicted molar refractivity (Wildman–Crippen MR) is 73.4 cm³/mol. The Morgan fingerprint density at radius 3 is 2.56 bits per heavy atom. The number of carboxylic acid groups (broad SMARTS) is 1. The van der Waals surface area contributed by atoms with E-state index in [1.165, 1.54) is 12.1 Å². The molecule has 1 aromatic rings. The van der Waals surface area contributed by atoms with E-state index in [1.807, 2.05) is 6.92 Å². The van der Waals surface area contributed by atoms with Crippen LogP contribution in [0.1, 0.15) is 44.0 Å². The molecule has 0 saturated carbocycles. The molecule has 0 fully saturated rings. The largest absolute Gasteiger partial charge is 0.478 e. The molecule has 0 aliphatic rings. The number of pyridine rings is 1. The van der Waals surface area contributed by atoms with Crippen LogP contribution in [-0.2, 0) is 0 Å². The molecule has 100 valence electrons. The molecule has 0 aliphatic carbocycles. The third-order valence-corrected chi connectivity index (χ3v) is 3.42. The molecule has 2 N–H and O–H groups in total.